The van der Waals surface area contributed by atoms with Crippen molar-refractivity contribution < 1.29 is 4.92 Å². The number of thiazole rings is 1. The van der Waals surface area contributed by atoms with E-state index in [0.717, 1.165) is 11.3 Å². The lowest BCUT2D eigenvalue weighted by Gasteiger charge is -2.02. The average Bonchev–Trinajstić information content (AvgIpc) is 2.97. The fourth-order valence-corrected chi connectivity index (χ4v) is 3.21. The Labute approximate surface area is 148 Å². The van der Waals surface area contributed by atoms with Crippen LogP contribution in [0.2, 0.25) is 0 Å². The number of benzene rings is 2. The zero-order valence-corrected chi connectivity index (χ0v) is 14.6. The highest BCUT2D eigenvalue weighted by molar-refractivity contribution is 7.07. The Hall–Kier alpha value is -3.06. The molecule has 0 radical (unpaired) electrons. The largest absolute Gasteiger partial charge is 0.318 e. The van der Waals surface area contributed by atoms with E-state index in [9.17, 15) is 10.1 Å². The van der Waals surface area contributed by atoms with Gasteiger partial charge in [0, 0.05) is 18.5 Å². The van der Waals surface area contributed by atoms with Crippen LogP contribution in [-0.2, 0) is 7.05 Å². The first-order valence-corrected chi connectivity index (χ1v) is 8.46. The van der Waals surface area contributed by atoms with Gasteiger partial charge in [-0.15, -0.1) is 16.4 Å². The van der Waals surface area contributed by atoms with Crippen molar-refractivity contribution >= 4 is 23.2 Å². The van der Waals surface area contributed by atoms with Crippen molar-refractivity contribution in [1.29, 1.82) is 0 Å². The Morgan fingerprint density at radius 1 is 1.16 bits per heavy atom. The number of rotatable bonds is 4. The van der Waals surface area contributed by atoms with E-state index < -0.39 is 4.92 Å². The number of nitro benzene ring substituents is 1. The molecule has 3 aromatic rings. The maximum atomic E-state index is 11.0. The van der Waals surface area contributed by atoms with Crippen LogP contribution in [0.3, 0.4) is 0 Å². The van der Waals surface area contributed by atoms with E-state index in [2.05, 4.69) is 41.4 Å². The van der Waals surface area contributed by atoms with Gasteiger partial charge in [-0.05, 0) is 18.6 Å². The molecule has 0 fully saturated rings. The molecule has 0 unspecified atom stereocenters. The summed E-state index contributed by atoms with van der Waals surface area (Å²) in [6, 6.07) is 14.7. The Morgan fingerprint density at radius 3 is 2.60 bits per heavy atom. The predicted molar refractivity (Wildman–Crippen MR) is 99.7 cm³/mol. The summed E-state index contributed by atoms with van der Waals surface area (Å²) >= 11 is 1.47. The van der Waals surface area contributed by atoms with Gasteiger partial charge in [0.15, 0.2) is 0 Å². The Bertz CT molecular complexity index is 1000. The molecule has 0 aliphatic rings. The Balaban J connectivity index is 1.91. The highest BCUT2D eigenvalue weighted by Gasteiger charge is 2.09. The molecule has 0 saturated heterocycles. The van der Waals surface area contributed by atoms with Gasteiger partial charge in [0.1, 0.15) is 0 Å². The molecule has 0 aliphatic carbocycles. The lowest BCUT2D eigenvalue weighted by atomic mass is 10.1. The van der Waals surface area contributed by atoms with Gasteiger partial charge in [-0.1, -0.05) is 42.0 Å². The number of hydrogen-bond donors (Lipinski definition) is 0. The maximum Gasteiger partial charge on any atom is 0.278 e. The fourth-order valence-electron chi connectivity index (χ4n) is 2.35. The summed E-state index contributed by atoms with van der Waals surface area (Å²) in [5.74, 6) is 0. The molecule has 0 atom stereocenters. The topological polar surface area (TPSA) is 72.8 Å². The molecule has 0 N–H and O–H groups in total. The van der Waals surface area contributed by atoms with Crippen LogP contribution in [0, 0.1) is 17.0 Å². The number of nitrogens with zero attached hydrogens (tertiary/aromatic N) is 4. The fraction of sp³-hybridized carbons (Fsp3) is 0.111. The van der Waals surface area contributed by atoms with E-state index in [4.69, 9.17) is 0 Å². The molecule has 126 valence electrons. The Kier molecular flexibility index (Phi) is 4.85. The minimum absolute atomic E-state index is 0.0114. The standard InChI is InChI=1S/C18H16N4O2S/c1-13-7-9-14(10-8-13)17-12-25-18(21(17)2)20-19-11-15-5-3-4-6-16(15)22(23)24/h3-12H,1-2H3/b19-11+,20-18+. The first kappa shape index (κ1) is 16.8. The summed E-state index contributed by atoms with van der Waals surface area (Å²) in [4.78, 5) is 11.3. The molecule has 0 bridgehead atoms. The van der Waals surface area contributed by atoms with Gasteiger partial charge < -0.3 is 4.57 Å². The van der Waals surface area contributed by atoms with Gasteiger partial charge in [0.2, 0.25) is 4.80 Å². The third kappa shape index (κ3) is 3.72. The maximum absolute atomic E-state index is 11.0. The van der Waals surface area contributed by atoms with Crippen LogP contribution in [0.1, 0.15) is 11.1 Å². The molecular formula is C18H16N4O2S. The van der Waals surface area contributed by atoms with Gasteiger partial charge in [0.05, 0.1) is 22.4 Å². The first-order valence-electron chi connectivity index (χ1n) is 7.58. The van der Waals surface area contributed by atoms with Crippen molar-refractivity contribution in [3.63, 3.8) is 0 Å². The van der Waals surface area contributed by atoms with E-state index in [1.54, 1.807) is 18.2 Å². The van der Waals surface area contributed by atoms with Gasteiger partial charge in [0.25, 0.3) is 5.69 Å². The number of aryl methyl sites for hydroxylation is 1. The summed E-state index contributed by atoms with van der Waals surface area (Å²) in [5, 5.41) is 21.2. The molecule has 2 aromatic carbocycles. The second-order valence-electron chi connectivity index (χ2n) is 5.49. The van der Waals surface area contributed by atoms with E-state index in [-0.39, 0.29) is 5.69 Å². The summed E-state index contributed by atoms with van der Waals surface area (Å²) in [6.45, 7) is 2.05. The number of para-hydroxylation sites is 1. The molecule has 1 aromatic heterocycles. The number of aromatic nitrogens is 1. The van der Waals surface area contributed by atoms with Crippen LogP contribution in [0.5, 0.6) is 0 Å². The monoisotopic (exact) mass is 352 g/mol. The van der Waals surface area contributed by atoms with E-state index in [1.807, 2.05) is 17.0 Å². The number of hydrogen-bond acceptors (Lipinski definition) is 5. The van der Waals surface area contributed by atoms with E-state index >= 15 is 0 Å². The lowest BCUT2D eigenvalue weighted by molar-refractivity contribution is -0.385. The molecule has 1 heterocycles. The third-order valence-electron chi connectivity index (χ3n) is 3.75. The molecule has 0 amide bonds. The number of nitro groups is 1. The molecule has 7 heteroatoms. The minimum Gasteiger partial charge on any atom is -0.318 e. The van der Waals surface area contributed by atoms with Crippen molar-refractivity contribution in [3.8, 4) is 11.3 Å². The molecule has 6 nitrogen and oxygen atoms in total. The highest BCUT2D eigenvalue weighted by Crippen LogP contribution is 2.19. The Morgan fingerprint density at radius 2 is 1.88 bits per heavy atom. The molecule has 3 rings (SSSR count). The van der Waals surface area contributed by atoms with Crippen LogP contribution >= 0.6 is 11.3 Å². The van der Waals surface area contributed by atoms with Crippen LogP contribution < -0.4 is 4.80 Å². The summed E-state index contributed by atoms with van der Waals surface area (Å²) < 4.78 is 1.95. The highest BCUT2D eigenvalue weighted by atomic mass is 32.1. The first-order chi connectivity index (χ1) is 12.1. The second kappa shape index (κ2) is 7.23. The van der Waals surface area contributed by atoms with Gasteiger partial charge >= 0.3 is 0 Å². The molecular weight excluding hydrogens is 336 g/mol. The van der Waals surface area contributed by atoms with Crippen molar-refractivity contribution in [3.05, 3.63) is 80.0 Å². The van der Waals surface area contributed by atoms with Gasteiger partial charge in [-0.2, -0.15) is 5.10 Å². The summed E-state index contributed by atoms with van der Waals surface area (Å²) in [6.07, 6.45) is 1.41. The van der Waals surface area contributed by atoms with Gasteiger partial charge in [-0.3, -0.25) is 10.1 Å². The molecule has 0 saturated carbocycles. The summed E-state index contributed by atoms with van der Waals surface area (Å²) in [5.41, 5.74) is 3.80. The third-order valence-corrected chi connectivity index (χ3v) is 4.65. The lowest BCUT2D eigenvalue weighted by Crippen LogP contribution is -2.10. The average molecular weight is 352 g/mol. The molecule has 25 heavy (non-hydrogen) atoms. The zero-order chi connectivity index (χ0) is 17.8. The van der Waals surface area contributed by atoms with Crippen LogP contribution in [0.4, 0.5) is 5.69 Å². The molecule has 0 spiro atoms. The van der Waals surface area contributed by atoms with E-state index in [1.165, 1.54) is 29.2 Å². The smallest absolute Gasteiger partial charge is 0.278 e. The quantitative estimate of drug-likeness (QED) is 0.406. The SMILES string of the molecule is Cc1ccc(-c2cs/c(=N/N=C/c3ccccc3[N+](=O)[O-])n2C)cc1. The van der Waals surface area contributed by atoms with Crippen LogP contribution in [0.15, 0.2) is 64.1 Å². The van der Waals surface area contributed by atoms with Crippen molar-refractivity contribution in [1.82, 2.24) is 4.57 Å². The minimum atomic E-state index is -0.429. The van der Waals surface area contributed by atoms with E-state index in [0.29, 0.717) is 10.4 Å². The van der Waals surface area contributed by atoms with Crippen molar-refractivity contribution in [2.24, 2.45) is 17.3 Å². The van der Waals surface area contributed by atoms with Crippen molar-refractivity contribution in [2.45, 2.75) is 6.92 Å². The van der Waals surface area contributed by atoms with Crippen molar-refractivity contribution in [2.75, 3.05) is 0 Å². The molecule has 0 aliphatic heterocycles. The van der Waals surface area contributed by atoms with Gasteiger partial charge in [-0.25, -0.2) is 0 Å². The summed E-state index contributed by atoms with van der Waals surface area (Å²) in [7, 11) is 1.92. The normalized spacial score (nSPS) is 12.0. The predicted octanol–water partition coefficient (Wildman–Crippen LogP) is 3.91. The second-order valence-corrected chi connectivity index (χ2v) is 6.33. The van der Waals surface area contributed by atoms with Crippen LogP contribution in [0.25, 0.3) is 11.3 Å². The zero-order valence-electron chi connectivity index (χ0n) is 13.8. The van der Waals surface area contributed by atoms with Crippen LogP contribution in [-0.4, -0.2) is 15.7 Å².